The molecule has 0 aliphatic heterocycles. The first-order chi connectivity index (χ1) is 16.6. The van der Waals surface area contributed by atoms with E-state index in [0.29, 0.717) is 28.9 Å². The molecule has 1 aliphatic carbocycles. The normalized spacial score (nSPS) is 16.4. The van der Waals surface area contributed by atoms with Crippen LogP contribution in [0.25, 0.3) is 28.6 Å². The van der Waals surface area contributed by atoms with Gasteiger partial charge in [0.05, 0.1) is 32.8 Å². The number of pyridine rings is 1. The fourth-order valence-corrected chi connectivity index (χ4v) is 4.64. The standard InChI is InChI=1S/C23H16Cl3F3N4O2/c1-11-2-3-12(4-11)10-34-19-7-15(24)14(6-16(19)25)22-31-20(32-35-22)18-9-33-8-13(23(27,28)29)5-17(26)21(33)30-18/h5-9,12H,1-4,10H2. The first-order valence-electron chi connectivity index (χ1n) is 10.5. The Morgan fingerprint density at radius 1 is 1.09 bits per heavy atom. The summed E-state index contributed by atoms with van der Waals surface area (Å²) in [6.07, 6.45) is 0.616. The molecule has 1 aliphatic rings. The van der Waals surface area contributed by atoms with Gasteiger partial charge in [-0.15, -0.1) is 0 Å². The third kappa shape index (κ3) is 4.85. The lowest BCUT2D eigenvalue weighted by molar-refractivity contribution is -0.137. The number of ether oxygens (including phenoxy) is 1. The predicted molar refractivity (Wildman–Crippen MR) is 126 cm³/mol. The number of alkyl halides is 3. The third-order valence-electron chi connectivity index (χ3n) is 5.70. The van der Waals surface area contributed by atoms with Crippen LogP contribution in [0.4, 0.5) is 13.2 Å². The summed E-state index contributed by atoms with van der Waals surface area (Å²) < 4.78 is 51.6. The highest BCUT2D eigenvalue weighted by Crippen LogP contribution is 2.38. The van der Waals surface area contributed by atoms with Gasteiger partial charge in [0, 0.05) is 18.5 Å². The lowest BCUT2D eigenvalue weighted by atomic mass is 10.1. The topological polar surface area (TPSA) is 65.5 Å². The summed E-state index contributed by atoms with van der Waals surface area (Å²) in [7, 11) is 0. The van der Waals surface area contributed by atoms with Crippen LogP contribution in [-0.2, 0) is 6.18 Å². The lowest BCUT2D eigenvalue weighted by Crippen LogP contribution is -2.08. The van der Waals surface area contributed by atoms with Gasteiger partial charge in [-0.2, -0.15) is 18.2 Å². The molecule has 1 atom stereocenters. The number of imidazole rings is 1. The molecule has 35 heavy (non-hydrogen) atoms. The summed E-state index contributed by atoms with van der Waals surface area (Å²) in [5.41, 5.74) is 0.974. The molecule has 0 spiro atoms. The van der Waals surface area contributed by atoms with E-state index in [1.807, 2.05) is 0 Å². The van der Waals surface area contributed by atoms with Crippen LogP contribution in [0, 0.1) is 5.92 Å². The van der Waals surface area contributed by atoms with E-state index < -0.39 is 11.7 Å². The Balaban J connectivity index is 1.40. The zero-order valence-corrected chi connectivity index (χ0v) is 20.1. The van der Waals surface area contributed by atoms with Gasteiger partial charge in [0.25, 0.3) is 5.89 Å². The van der Waals surface area contributed by atoms with Crippen molar-refractivity contribution in [3.05, 3.63) is 63.4 Å². The Bertz CT molecular complexity index is 1450. The highest BCUT2D eigenvalue weighted by atomic mass is 35.5. The zero-order valence-electron chi connectivity index (χ0n) is 17.9. The minimum Gasteiger partial charge on any atom is -0.492 e. The van der Waals surface area contributed by atoms with Crippen LogP contribution in [0.2, 0.25) is 15.1 Å². The average molecular weight is 544 g/mol. The van der Waals surface area contributed by atoms with Crippen molar-refractivity contribution in [2.24, 2.45) is 5.92 Å². The smallest absolute Gasteiger partial charge is 0.417 e. The summed E-state index contributed by atoms with van der Waals surface area (Å²) in [6, 6.07) is 3.94. The van der Waals surface area contributed by atoms with Crippen LogP contribution < -0.4 is 4.74 Å². The Hall–Kier alpha value is -2.75. The summed E-state index contributed by atoms with van der Waals surface area (Å²) in [4.78, 5) is 8.51. The van der Waals surface area contributed by atoms with Gasteiger partial charge in [-0.05, 0) is 37.3 Å². The minimum absolute atomic E-state index is 0.0438. The first kappa shape index (κ1) is 24.0. The second-order valence-corrected chi connectivity index (χ2v) is 9.51. The molecule has 4 aromatic rings. The molecular weight excluding hydrogens is 528 g/mol. The molecule has 182 valence electrons. The largest absolute Gasteiger partial charge is 0.492 e. The first-order valence-corrected chi connectivity index (χ1v) is 11.6. The zero-order chi connectivity index (χ0) is 24.9. The van der Waals surface area contributed by atoms with Crippen molar-refractivity contribution in [3.63, 3.8) is 0 Å². The van der Waals surface area contributed by atoms with Crippen molar-refractivity contribution in [1.82, 2.24) is 19.5 Å². The number of hydrogen-bond donors (Lipinski definition) is 0. The maximum Gasteiger partial charge on any atom is 0.417 e. The molecule has 5 rings (SSSR count). The number of rotatable bonds is 5. The molecule has 1 unspecified atom stereocenters. The van der Waals surface area contributed by atoms with Crippen molar-refractivity contribution in [2.75, 3.05) is 6.61 Å². The maximum atomic E-state index is 13.1. The molecule has 12 heteroatoms. The Morgan fingerprint density at radius 2 is 1.89 bits per heavy atom. The predicted octanol–water partition coefficient (Wildman–Crippen LogP) is 7.77. The molecule has 6 nitrogen and oxygen atoms in total. The lowest BCUT2D eigenvalue weighted by Gasteiger charge is -2.13. The van der Waals surface area contributed by atoms with E-state index in [4.69, 9.17) is 44.1 Å². The molecule has 0 amide bonds. The van der Waals surface area contributed by atoms with Crippen molar-refractivity contribution in [1.29, 1.82) is 0 Å². The molecule has 1 saturated carbocycles. The number of hydrogen-bond acceptors (Lipinski definition) is 5. The molecule has 0 bridgehead atoms. The van der Waals surface area contributed by atoms with Gasteiger partial charge in [0.2, 0.25) is 5.82 Å². The van der Waals surface area contributed by atoms with E-state index in [9.17, 15) is 13.2 Å². The van der Waals surface area contributed by atoms with Gasteiger partial charge in [0.15, 0.2) is 5.65 Å². The van der Waals surface area contributed by atoms with E-state index in [1.165, 1.54) is 11.8 Å². The molecule has 1 fully saturated rings. The van der Waals surface area contributed by atoms with Gasteiger partial charge >= 0.3 is 6.18 Å². The van der Waals surface area contributed by atoms with Gasteiger partial charge < -0.3 is 13.7 Å². The van der Waals surface area contributed by atoms with Crippen LogP contribution in [0.5, 0.6) is 5.75 Å². The second kappa shape index (κ2) is 9.04. The molecule has 0 saturated heterocycles. The highest BCUT2D eigenvalue weighted by molar-refractivity contribution is 6.36. The van der Waals surface area contributed by atoms with Gasteiger partial charge in [-0.25, -0.2) is 4.98 Å². The molecule has 3 heterocycles. The van der Waals surface area contributed by atoms with Crippen LogP contribution >= 0.6 is 34.8 Å². The highest BCUT2D eigenvalue weighted by Gasteiger charge is 2.32. The number of allylic oxidation sites excluding steroid dienone is 1. The number of halogens is 6. The maximum absolute atomic E-state index is 13.1. The minimum atomic E-state index is -4.56. The fraction of sp³-hybridized carbons (Fsp3) is 0.261. The molecule has 3 aromatic heterocycles. The van der Waals surface area contributed by atoms with Crippen LogP contribution in [0.15, 0.2) is 47.3 Å². The van der Waals surface area contributed by atoms with E-state index in [-0.39, 0.29) is 33.1 Å². The van der Waals surface area contributed by atoms with E-state index in [2.05, 4.69) is 21.7 Å². The Kier molecular flexibility index (Phi) is 6.19. The Morgan fingerprint density at radius 3 is 2.60 bits per heavy atom. The van der Waals surface area contributed by atoms with Gasteiger partial charge in [0.1, 0.15) is 11.4 Å². The van der Waals surface area contributed by atoms with Crippen molar-refractivity contribution in [3.8, 4) is 28.7 Å². The van der Waals surface area contributed by atoms with Crippen LogP contribution in [-0.4, -0.2) is 26.1 Å². The van der Waals surface area contributed by atoms with E-state index in [1.54, 1.807) is 12.1 Å². The number of nitrogens with zero attached hydrogens (tertiary/aromatic N) is 4. The van der Waals surface area contributed by atoms with Gasteiger partial charge in [-0.3, -0.25) is 0 Å². The van der Waals surface area contributed by atoms with Crippen molar-refractivity contribution >= 4 is 40.4 Å². The average Bonchev–Trinajstić information content (AvgIpc) is 3.52. The Labute approximate surface area is 212 Å². The molecule has 0 N–H and O–H groups in total. The third-order valence-corrected chi connectivity index (χ3v) is 6.58. The summed E-state index contributed by atoms with van der Waals surface area (Å²) in [6.45, 7) is 4.51. The number of fused-ring (bicyclic) bond motifs is 1. The molecule has 1 aromatic carbocycles. The number of benzene rings is 1. The molecule has 0 radical (unpaired) electrons. The van der Waals surface area contributed by atoms with Crippen molar-refractivity contribution in [2.45, 2.75) is 25.4 Å². The monoisotopic (exact) mass is 542 g/mol. The quantitative estimate of drug-likeness (QED) is 0.241. The molecular formula is C23H16Cl3F3N4O2. The SMILES string of the molecule is C=C1CCC(COc2cc(Cl)c(-c3nc(-c4cn5cc(C(F)(F)F)cc(Cl)c5n4)no3)cc2Cl)C1. The fourth-order valence-electron chi connectivity index (χ4n) is 3.93. The summed E-state index contributed by atoms with van der Waals surface area (Å²) >= 11 is 18.8. The van der Waals surface area contributed by atoms with Crippen molar-refractivity contribution < 1.29 is 22.4 Å². The van der Waals surface area contributed by atoms with E-state index >= 15 is 0 Å². The summed E-state index contributed by atoms with van der Waals surface area (Å²) in [5, 5.41) is 4.32. The van der Waals surface area contributed by atoms with Gasteiger partial charge in [-0.1, -0.05) is 52.1 Å². The van der Waals surface area contributed by atoms with Crippen LogP contribution in [0.3, 0.4) is 0 Å². The van der Waals surface area contributed by atoms with E-state index in [0.717, 1.165) is 35.9 Å². The second-order valence-electron chi connectivity index (χ2n) is 8.29. The van der Waals surface area contributed by atoms with Crippen LogP contribution in [0.1, 0.15) is 24.8 Å². The summed E-state index contributed by atoms with van der Waals surface area (Å²) in [5.74, 6) is 0.932. The number of aromatic nitrogens is 4.